The van der Waals surface area contributed by atoms with Crippen molar-refractivity contribution in [2.75, 3.05) is 0 Å². The molecule has 0 saturated heterocycles. The number of unbranched alkanes of at least 4 members (excludes halogenated alkanes) is 13. The maximum atomic E-state index is 4.71. The lowest BCUT2D eigenvalue weighted by Gasteiger charge is -2.04. The molecule has 0 aliphatic carbocycles. The lowest BCUT2D eigenvalue weighted by Crippen LogP contribution is -1.93. The molecule has 1 aromatic carbocycles. The quantitative estimate of drug-likeness (QED) is 0.307. The molecule has 2 aromatic rings. The Morgan fingerprint density at radius 2 is 1.12 bits per heavy atom. The summed E-state index contributed by atoms with van der Waals surface area (Å²) in [5.41, 5.74) is 3.16. The van der Waals surface area contributed by atoms with Crippen LogP contribution >= 0.6 is 0 Å². The Hall–Kier alpha value is -1.44. The summed E-state index contributed by atoms with van der Waals surface area (Å²) >= 11 is 0. The SMILES string of the molecule is CCCCCCCCCCCCCCCCc1cnc2ccccc2n1. The predicted molar refractivity (Wildman–Crippen MR) is 114 cm³/mol. The summed E-state index contributed by atoms with van der Waals surface area (Å²) in [5, 5.41) is 0. The van der Waals surface area contributed by atoms with Crippen molar-refractivity contribution in [3.05, 3.63) is 36.2 Å². The standard InChI is InChI=1S/C24H38N2/c1-2-3-4-5-6-7-8-9-10-11-12-13-14-15-18-22-21-25-23-19-16-17-20-24(23)26-22/h16-17,19-21H,2-15,18H2,1H3. The Labute approximate surface area is 160 Å². The van der Waals surface area contributed by atoms with Crippen LogP contribution in [0.25, 0.3) is 11.0 Å². The van der Waals surface area contributed by atoms with Crippen molar-refractivity contribution in [1.29, 1.82) is 0 Å². The van der Waals surface area contributed by atoms with Gasteiger partial charge in [-0.15, -0.1) is 0 Å². The minimum Gasteiger partial charge on any atom is -0.253 e. The van der Waals surface area contributed by atoms with Crippen molar-refractivity contribution in [3.63, 3.8) is 0 Å². The van der Waals surface area contributed by atoms with Crippen LogP contribution in [0.3, 0.4) is 0 Å². The van der Waals surface area contributed by atoms with Crippen molar-refractivity contribution in [2.45, 2.75) is 103 Å². The largest absolute Gasteiger partial charge is 0.253 e. The van der Waals surface area contributed by atoms with Crippen molar-refractivity contribution in [1.82, 2.24) is 9.97 Å². The molecular weight excluding hydrogens is 316 g/mol. The summed E-state index contributed by atoms with van der Waals surface area (Å²) in [6.45, 7) is 2.29. The Bertz CT molecular complexity index is 594. The third kappa shape index (κ3) is 8.78. The summed E-state index contributed by atoms with van der Waals surface area (Å²) < 4.78 is 0. The van der Waals surface area contributed by atoms with Gasteiger partial charge in [-0.1, -0.05) is 103 Å². The zero-order chi connectivity index (χ0) is 18.3. The molecule has 0 aliphatic rings. The van der Waals surface area contributed by atoms with Crippen LogP contribution < -0.4 is 0 Å². The van der Waals surface area contributed by atoms with E-state index in [0.29, 0.717) is 0 Å². The van der Waals surface area contributed by atoms with Gasteiger partial charge in [-0.25, -0.2) is 4.98 Å². The van der Waals surface area contributed by atoms with E-state index in [1.165, 1.54) is 89.9 Å². The van der Waals surface area contributed by atoms with Crippen LogP contribution in [0.4, 0.5) is 0 Å². The number of hydrogen-bond acceptors (Lipinski definition) is 2. The molecule has 0 saturated carbocycles. The van der Waals surface area contributed by atoms with E-state index in [1.807, 2.05) is 24.4 Å². The second kappa shape index (κ2) is 13.7. The van der Waals surface area contributed by atoms with Crippen LogP contribution in [0, 0.1) is 0 Å². The summed E-state index contributed by atoms with van der Waals surface area (Å²) in [6.07, 6.45) is 22.7. The molecule has 0 fully saturated rings. The molecule has 0 amide bonds. The Balaban J connectivity index is 1.40. The first-order valence-electron chi connectivity index (χ1n) is 11.1. The third-order valence-electron chi connectivity index (χ3n) is 5.28. The van der Waals surface area contributed by atoms with E-state index in [0.717, 1.165) is 23.1 Å². The van der Waals surface area contributed by atoms with Gasteiger partial charge in [0.05, 0.1) is 16.7 Å². The third-order valence-corrected chi connectivity index (χ3v) is 5.28. The monoisotopic (exact) mass is 354 g/mol. The van der Waals surface area contributed by atoms with Crippen molar-refractivity contribution >= 4 is 11.0 Å². The van der Waals surface area contributed by atoms with Crippen LogP contribution in [-0.2, 0) is 6.42 Å². The number of fused-ring (bicyclic) bond motifs is 1. The number of benzene rings is 1. The fraction of sp³-hybridized carbons (Fsp3) is 0.667. The number of hydrogen-bond donors (Lipinski definition) is 0. The van der Waals surface area contributed by atoms with Gasteiger partial charge in [0.2, 0.25) is 0 Å². The van der Waals surface area contributed by atoms with Crippen LogP contribution in [0.2, 0.25) is 0 Å². The number of rotatable bonds is 15. The van der Waals surface area contributed by atoms with Crippen molar-refractivity contribution in [2.24, 2.45) is 0 Å². The van der Waals surface area contributed by atoms with E-state index in [2.05, 4.69) is 18.0 Å². The van der Waals surface area contributed by atoms with Crippen molar-refractivity contribution in [3.8, 4) is 0 Å². The van der Waals surface area contributed by atoms with E-state index in [1.54, 1.807) is 0 Å². The molecule has 1 aromatic heterocycles. The highest BCUT2D eigenvalue weighted by atomic mass is 14.8. The topological polar surface area (TPSA) is 25.8 Å². The van der Waals surface area contributed by atoms with Crippen LogP contribution in [0.1, 0.15) is 103 Å². The molecule has 26 heavy (non-hydrogen) atoms. The highest BCUT2D eigenvalue weighted by Gasteiger charge is 2.00. The number of aromatic nitrogens is 2. The number of nitrogens with zero attached hydrogens (tertiary/aromatic N) is 2. The normalized spacial score (nSPS) is 11.3. The first-order chi connectivity index (χ1) is 12.9. The average Bonchev–Trinajstić information content (AvgIpc) is 2.68. The molecule has 0 N–H and O–H groups in total. The van der Waals surface area contributed by atoms with E-state index < -0.39 is 0 Å². The van der Waals surface area contributed by atoms with Crippen LogP contribution in [0.15, 0.2) is 30.5 Å². The molecule has 0 atom stereocenters. The molecule has 0 spiro atoms. The maximum Gasteiger partial charge on any atom is 0.0890 e. The predicted octanol–water partition coefficient (Wildman–Crippen LogP) is 7.65. The summed E-state index contributed by atoms with van der Waals surface area (Å²) in [4.78, 5) is 9.22. The van der Waals surface area contributed by atoms with Crippen molar-refractivity contribution < 1.29 is 0 Å². The first kappa shape index (κ1) is 20.9. The van der Waals surface area contributed by atoms with Gasteiger partial charge in [0.15, 0.2) is 0 Å². The number of para-hydroxylation sites is 2. The lowest BCUT2D eigenvalue weighted by molar-refractivity contribution is 0.535. The molecule has 144 valence electrons. The number of aryl methyl sites for hydroxylation is 1. The van der Waals surface area contributed by atoms with Gasteiger partial charge in [0.1, 0.15) is 0 Å². The molecule has 0 unspecified atom stereocenters. The zero-order valence-corrected chi connectivity index (χ0v) is 16.9. The van der Waals surface area contributed by atoms with E-state index in [4.69, 9.17) is 4.98 Å². The molecule has 2 rings (SSSR count). The van der Waals surface area contributed by atoms with Crippen LogP contribution in [-0.4, -0.2) is 9.97 Å². The van der Waals surface area contributed by atoms with Gasteiger partial charge < -0.3 is 0 Å². The lowest BCUT2D eigenvalue weighted by atomic mass is 10.0. The summed E-state index contributed by atoms with van der Waals surface area (Å²) in [5.74, 6) is 0. The second-order valence-corrected chi connectivity index (χ2v) is 7.70. The Kier molecular flexibility index (Phi) is 11.0. The van der Waals surface area contributed by atoms with Gasteiger partial charge >= 0.3 is 0 Å². The van der Waals surface area contributed by atoms with Gasteiger partial charge in [-0.3, -0.25) is 4.98 Å². The first-order valence-corrected chi connectivity index (χ1v) is 11.1. The summed E-state index contributed by atoms with van der Waals surface area (Å²) in [7, 11) is 0. The van der Waals surface area contributed by atoms with Gasteiger partial charge in [0.25, 0.3) is 0 Å². The summed E-state index contributed by atoms with van der Waals surface area (Å²) in [6, 6.07) is 8.13. The molecule has 0 aliphatic heterocycles. The second-order valence-electron chi connectivity index (χ2n) is 7.70. The van der Waals surface area contributed by atoms with Gasteiger partial charge in [-0.2, -0.15) is 0 Å². The molecule has 2 nitrogen and oxygen atoms in total. The fourth-order valence-corrected chi connectivity index (χ4v) is 3.62. The smallest absolute Gasteiger partial charge is 0.0890 e. The van der Waals surface area contributed by atoms with Gasteiger partial charge in [-0.05, 0) is 25.0 Å². The van der Waals surface area contributed by atoms with Gasteiger partial charge in [0, 0.05) is 6.20 Å². The Morgan fingerprint density at radius 3 is 1.69 bits per heavy atom. The fourth-order valence-electron chi connectivity index (χ4n) is 3.62. The minimum absolute atomic E-state index is 0.997. The molecule has 1 heterocycles. The Morgan fingerprint density at radius 1 is 0.615 bits per heavy atom. The maximum absolute atomic E-state index is 4.71. The molecule has 0 radical (unpaired) electrons. The van der Waals surface area contributed by atoms with E-state index >= 15 is 0 Å². The van der Waals surface area contributed by atoms with E-state index in [9.17, 15) is 0 Å². The highest BCUT2D eigenvalue weighted by Crippen LogP contribution is 2.14. The molecule has 0 bridgehead atoms. The zero-order valence-electron chi connectivity index (χ0n) is 16.9. The molecular formula is C24H38N2. The minimum atomic E-state index is 0.997. The average molecular weight is 355 g/mol. The molecule has 2 heteroatoms. The highest BCUT2D eigenvalue weighted by molar-refractivity contribution is 5.73. The van der Waals surface area contributed by atoms with Crippen LogP contribution in [0.5, 0.6) is 0 Å². The van der Waals surface area contributed by atoms with E-state index in [-0.39, 0.29) is 0 Å².